The molecule has 0 spiro atoms. The zero-order chi connectivity index (χ0) is 16.4. The molecule has 0 radical (unpaired) electrons. The molecule has 0 atom stereocenters. The van der Waals surface area contributed by atoms with Gasteiger partial charge < -0.3 is 10.2 Å². The molecule has 0 saturated heterocycles. The van der Waals surface area contributed by atoms with E-state index in [0.717, 1.165) is 27.8 Å². The second kappa shape index (κ2) is 6.06. The minimum Gasteiger partial charge on any atom is -0.508 e. The van der Waals surface area contributed by atoms with Crippen LogP contribution >= 0.6 is 0 Å². The molecule has 2 N–H and O–H groups in total. The molecule has 0 unspecified atom stereocenters. The maximum absolute atomic E-state index is 10.9. The lowest BCUT2D eigenvalue weighted by atomic mass is 9.90. The molecule has 2 aromatic carbocycles. The van der Waals surface area contributed by atoms with Crippen LogP contribution in [0.1, 0.15) is 52.4 Å². The first kappa shape index (κ1) is 15.8. The highest BCUT2D eigenvalue weighted by Crippen LogP contribution is 2.33. The third-order valence-corrected chi connectivity index (χ3v) is 3.80. The molecule has 0 amide bonds. The van der Waals surface area contributed by atoms with Crippen LogP contribution in [0.5, 0.6) is 5.75 Å². The molecule has 0 aliphatic carbocycles. The Balaban J connectivity index is 2.44. The maximum Gasteiger partial charge on any atom is 0.335 e. The van der Waals surface area contributed by atoms with Crippen molar-refractivity contribution in [1.82, 2.24) is 0 Å². The van der Waals surface area contributed by atoms with Gasteiger partial charge in [0, 0.05) is 0 Å². The van der Waals surface area contributed by atoms with E-state index in [2.05, 4.69) is 6.58 Å². The fourth-order valence-corrected chi connectivity index (χ4v) is 2.47. The molecule has 0 bridgehead atoms. The van der Waals surface area contributed by atoms with Gasteiger partial charge in [-0.3, -0.25) is 0 Å². The molecule has 2 rings (SSSR count). The predicted octanol–water partition coefficient (Wildman–Crippen LogP) is 4.58. The summed E-state index contributed by atoms with van der Waals surface area (Å²) in [4.78, 5) is 10.9. The van der Waals surface area contributed by atoms with E-state index in [9.17, 15) is 9.90 Å². The van der Waals surface area contributed by atoms with Crippen molar-refractivity contribution < 1.29 is 15.0 Å². The second-order valence-electron chi connectivity index (χ2n) is 5.74. The van der Waals surface area contributed by atoms with Crippen molar-refractivity contribution in [3.63, 3.8) is 0 Å². The number of aryl methyl sites for hydroxylation is 1. The van der Waals surface area contributed by atoms with E-state index < -0.39 is 5.97 Å². The number of phenols is 1. The first-order valence-corrected chi connectivity index (χ1v) is 7.17. The van der Waals surface area contributed by atoms with Gasteiger partial charge in [0.25, 0.3) is 0 Å². The van der Waals surface area contributed by atoms with Gasteiger partial charge in [-0.2, -0.15) is 0 Å². The highest BCUT2D eigenvalue weighted by Gasteiger charge is 2.13. The quantitative estimate of drug-likeness (QED) is 0.868. The van der Waals surface area contributed by atoms with Gasteiger partial charge in [-0.25, -0.2) is 4.79 Å². The Morgan fingerprint density at radius 1 is 1.09 bits per heavy atom. The summed E-state index contributed by atoms with van der Waals surface area (Å²) in [5.41, 5.74) is 4.72. The molecular formula is C19H20O3. The Kier molecular flexibility index (Phi) is 4.36. The van der Waals surface area contributed by atoms with Gasteiger partial charge >= 0.3 is 5.97 Å². The van der Waals surface area contributed by atoms with E-state index >= 15 is 0 Å². The summed E-state index contributed by atoms with van der Waals surface area (Å²) in [5, 5.41) is 19.0. The molecule has 3 heteroatoms. The molecular weight excluding hydrogens is 276 g/mol. The number of benzene rings is 2. The summed E-state index contributed by atoms with van der Waals surface area (Å²) in [6.07, 6.45) is 0. The van der Waals surface area contributed by atoms with E-state index in [4.69, 9.17) is 5.11 Å². The third kappa shape index (κ3) is 3.03. The van der Waals surface area contributed by atoms with Crippen molar-refractivity contribution in [3.8, 4) is 5.75 Å². The van der Waals surface area contributed by atoms with Crippen LogP contribution < -0.4 is 0 Å². The van der Waals surface area contributed by atoms with E-state index in [0.29, 0.717) is 5.75 Å². The van der Waals surface area contributed by atoms with Gasteiger partial charge in [-0.05, 0) is 64.9 Å². The smallest absolute Gasteiger partial charge is 0.335 e. The van der Waals surface area contributed by atoms with Gasteiger partial charge in [0.2, 0.25) is 0 Å². The number of aromatic hydroxyl groups is 1. The highest BCUT2D eigenvalue weighted by atomic mass is 16.4. The van der Waals surface area contributed by atoms with Gasteiger partial charge in [0.15, 0.2) is 0 Å². The van der Waals surface area contributed by atoms with Crippen LogP contribution in [0.25, 0.3) is 5.57 Å². The normalized spacial score (nSPS) is 10.7. The lowest BCUT2D eigenvalue weighted by molar-refractivity contribution is 0.0697. The first-order valence-electron chi connectivity index (χ1n) is 7.17. The number of carboxylic acids is 1. The lowest BCUT2D eigenvalue weighted by Gasteiger charge is -2.15. The molecule has 0 saturated carbocycles. The monoisotopic (exact) mass is 296 g/mol. The summed E-state index contributed by atoms with van der Waals surface area (Å²) in [5.74, 6) is -0.438. The van der Waals surface area contributed by atoms with Crippen LogP contribution in [-0.2, 0) is 0 Å². The molecule has 0 heterocycles. The van der Waals surface area contributed by atoms with Crippen LogP contribution in [-0.4, -0.2) is 16.2 Å². The zero-order valence-corrected chi connectivity index (χ0v) is 13.1. The minimum absolute atomic E-state index is 0.210. The van der Waals surface area contributed by atoms with Crippen LogP contribution in [0.4, 0.5) is 0 Å². The molecule has 2 aromatic rings. The van der Waals surface area contributed by atoms with E-state index in [-0.39, 0.29) is 11.5 Å². The average Bonchev–Trinajstić information content (AvgIpc) is 2.46. The van der Waals surface area contributed by atoms with Gasteiger partial charge in [0.05, 0.1) is 5.56 Å². The number of aromatic carboxylic acids is 1. The third-order valence-electron chi connectivity index (χ3n) is 3.80. The molecule has 114 valence electrons. The maximum atomic E-state index is 10.9. The summed E-state index contributed by atoms with van der Waals surface area (Å²) >= 11 is 0. The van der Waals surface area contributed by atoms with Gasteiger partial charge in [0.1, 0.15) is 5.75 Å². The van der Waals surface area contributed by atoms with Crippen LogP contribution in [0.3, 0.4) is 0 Å². The van der Waals surface area contributed by atoms with E-state index in [1.54, 1.807) is 30.3 Å². The van der Waals surface area contributed by atoms with Crippen molar-refractivity contribution in [2.45, 2.75) is 26.7 Å². The Labute approximate surface area is 130 Å². The summed E-state index contributed by atoms with van der Waals surface area (Å²) in [6.45, 7) is 10.1. The average molecular weight is 296 g/mol. The molecule has 0 aliphatic rings. The molecule has 3 nitrogen and oxygen atoms in total. The fraction of sp³-hybridized carbons (Fsp3) is 0.211. The SMILES string of the molecule is C=C(c1ccc(C(=O)O)cc1)c1cc(C(C)C)c(O)cc1C. The molecule has 22 heavy (non-hydrogen) atoms. The van der Waals surface area contributed by atoms with Gasteiger partial charge in [-0.15, -0.1) is 0 Å². The van der Waals surface area contributed by atoms with Crippen LogP contribution in [0, 0.1) is 6.92 Å². The Hall–Kier alpha value is -2.55. The lowest BCUT2D eigenvalue weighted by Crippen LogP contribution is -1.98. The number of carboxylic acid groups (broad SMARTS) is 1. The number of hydrogen-bond acceptors (Lipinski definition) is 2. The van der Waals surface area contributed by atoms with Crippen molar-refractivity contribution >= 4 is 11.5 Å². The van der Waals surface area contributed by atoms with E-state index in [1.165, 1.54) is 0 Å². The summed E-state index contributed by atoms with van der Waals surface area (Å²) in [7, 11) is 0. The number of rotatable bonds is 4. The van der Waals surface area contributed by atoms with Crippen molar-refractivity contribution in [3.05, 3.63) is 70.8 Å². The Morgan fingerprint density at radius 2 is 1.64 bits per heavy atom. The van der Waals surface area contributed by atoms with Gasteiger partial charge in [-0.1, -0.05) is 32.6 Å². The largest absolute Gasteiger partial charge is 0.508 e. The minimum atomic E-state index is -0.944. The van der Waals surface area contributed by atoms with E-state index in [1.807, 2.05) is 26.8 Å². The first-order chi connectivity index (χ1) is 10.3. The highest BCUT2D eigenvalue weighted by molar-refractivity contribution is 5.89. The molecule has 0 aromatic heterocycles. The van der Waals surface area contributed by atoms with Crippen LogP contribution in [0.2, 0.25) is 0 Å². The zero-order valence-electron chi connectivity index (χ0n) is 13.1. The number of hydrogen-bond donors (Lipinski definition) is 2. The van der Waals surface area contributed by atoms with Crippen LogP contribution in [0.15, 0.2) is 43.0 Å². The molecule has 0 fully saturated rings. The summed E-state index contributed by atoms with van der Waals surface area (Å²) < 4.78 is 0. The Morgan fingerprint density at radius 3 is 2.14 bits per heavy atom. The standard InChI is InChI=1S/C19H20O3/c1-11(2)16-10-17(12(3)9-18(16)20)13(4)14-5-7-15(8-6-14)19(21)22/h5-11,20H,4H2,1-3H3,(H,21,22). The summed E-state index contributed by atoms with van der Waals surface area (Å²) in [6, 6.07) is 10.4. The second-order valence-corrected chi connectivity index (χ2v) is 5.74. The van der Waals surface area contributed by atoms with Crippen molar-refractivity contribution in [2.75, 3.05) is 0 Å². The molecule has 0 aliphatic heterocycles. The number of phenolic OH excluding ortho intramolecular Hbond substituents is 1. The predicted molar refractivity (Wildman–Crippen MR) is 88.5 cm³/mol. The van der Waals surface area contributed by atoms with Crippen molar-refractivity contribution in [1.29, 1.82) is 0 Å². The fourth-order valence-electron chi connectivity index (χ4n) is 2.47. The Bertz CT molecular complexity index is 725. The van der Waals surface area contributed by atoms with Crippen molar-refractivity contribution in [2.24, 2.45) is 0 Å². The number of carbonyl (C=O) groups is 1. The topological polar surface area (TPSA) is 57.5 Å².